The molecule has 20 heavy (non-hydrogen) atoms. The number of methoxy groups -OCH3 is 2. The minimum absolute atomic E-state index is 0.0627. The Bertz CT molecular complexity index is 584. The molecule has 7 nitrogen and oxygen atoms in total. The summed E-state index contributed by atoms with van der Waals surface area (Å²) in [4.78, 5) is 10.5. The predicted molar refractivity (Wildman–Crippen MR) is 71.6 cm³/mol. The number of carboxylic acids is 1. The van der Waals surface area contributed by atoms with Crippen LogP contribution in [0.5, 0.6) is 11.5 Å². The van der Waals surface area contributed by atoms with Crippen LogP contribution in [0.4, 0.5) is 0 Å². The average molecular weight is 303 g/mol. The van der Waals surface area contributed by atoms with Gasteiger partial charge in [0.2, 0.25) is 10.0 Å². The first-order valence-corrected chi connectivity index (χ1v) is 7.17. The van der Waals surface area contributed by atoms with Gasteiger partial charge in [0.25, 0.3) is 0 Å². The van der Waals surface area contributed by atoms with Gasteiger partial charge >= 0.3 is 5.97 Å². The van der Waals surface area contributed by atoms with Crippen molar-refractivity contribution in [2.24, 2.45) is 0 Å². The predicted octanol–water partition coefficient (Wildman–Crippen LogP) is 0.799. The molecule has 1 aromatic carbocycles. The van der Waals surface area contributed by atoms with Gasteiger partial charge in [0.1, 0.15) is 16.4 Å². The summed E-state index contributed by atoms with van der Waals surface area (Å²) in [6.07, 6.45) is -0.276. The Morgan fingerprint density at radius 1 is 1.30 bits per heavy atom. The molecule has 0 saturated heterocycles. The Hall–Kier alpha value is -1.80. The molecule has 0 amide bonds. The molecule has 8 heteroatoms. The molecule has 1 N–H and O–H groups in total. The summed E-state index contributed by atoms with van der Waals surface area (Å²) in [5.74, 6) is -0.520. The molecule has 0 radical (unpaired) electrons. The zero-order valence-corrected chi connectivity index (χ0v) is 12.3. The van der Waals surface area contributed by atoms with Crippen molar-refractivity contribution in [3.63, 3.8) is 0 Å². The zero-order chi connectivity index (χ0) is 15.3. The first-order chi connectivity index (χ1) is 9.32. The van der Waals surface area contributed by atoms with Crippen LogP contribution in [0.25, 0.3) is 0 Å². The van der Waals surface area contributed by atoms with Gasteiger partial charge < -0.3 is 14.6 Å². The summed E-state index contributed by atoms with van der Waals surface area (Å²) in [6.45, 7) is -0.127. The standard InChI is InChI=1S/C12H17NO6S/c1-13(7-6-12(14)15)20(16,17)11-8-9(18-2)4-5-10(11)19-3/h4-5,8H,6-7H2,1-3H3,(H,14,15). The molecule has 0 saturated carbocycles. The first-order valence-electron chi connectivity index (χ1n) is 5.73. The maximum absolute atomic E-state index is 12.4. The molecule has 0 fully saturated rings. The number of hydrogen-bond donors (Lipinski definition) is 1. The van der Waals surface area contributed by atoms with E-state index in [2.05, 4.69) is 0 Å². The van der Waals surface area contributed by atoms with E-state index in [1.165, 1.54) is 33.4 Å². The van der Waals surface area contributed by atoms with E-state index in [1.54, 1.807) is 6.07 Å². The molecule has 0 bridgehead atoms. The van der Waals surface area contributed by atoms with Crippen molar-refractivity contribution in [3.8, 4) is 11.5 Å². The number of rotatable bonds is 7. The lowest BCUT2D eigenvalue weighted by molar-refractivity contribution is -0.137. The second-order valence-electron chi connectivity index (χ2n) is 3.99. The fourth-order valence-electron chi connectivity index (χ4n) is 1.53. The number of sulfonamides is 1. The van der Waals surface area contributed by atoms with Crippen LogP contribution in [0.2, 0.25) is 0 Å². The third-order valence-corrected chi connectivity index (χ3v) is 4.58. The van der Waals surface area contributed by atoms with E-state index in [9.17, 15) is 13.2 Å². The van der Waals surface area contributed by atoms with Crippen LogP contribution in [-0.2, 0) is 14.8 Å². The SMILES string of the molecule is COc1ccc(OC)c(S(=O)(=O)N(C)CCC(=O)O)c1. The third-order valence-electron chi connectivity index (χ3n) is 2.70. The van der Waals surface area contributed by atoms with Crippen LogP contribution < -0.4 is 9.47 Å². The molecule has 1 aromatic rings. The molecule has 0 atom stereocenters. The lowest BCUT2D eigenvalue weighted by Gasteiger charge is -2.18. The molecular formula is C12H17NO6S. The van der Waals surface area contributed by atoms with Crippen LogP contribution in [0.3, 0.4) is 0 Å². The summed E-state index contributed by atoms with van der Waals surface area (Å²) >= 11 is 0. The highest BCUT2D eigenvalue weighted by Crippen LogP contribution is 2.30. The van der Waals surface area contributed by atoms with Crippen LogP contribution >= 0.6 is 0 Å². The van der Waals surface area contributed by atoms with E-state index in [1.807, 2.05) is 0 Å². The molecule has 0 heterocycles. The molecule has 0 unspecified atom stereocenters. The Morgan fingerprint density at radius 3 is 2.45 bits per heavy atom. The number of aliphatic carboxylic acids is 1. The maximum Gasteiger partial charge on any atom is 0.304 e. The average Bonchev–Trinajstić information content (AvgIpc) is 2.43. The van der Waals surface area contributed by atoms with Gasteiger partial charge in [-0.1, -0.05) is 0 Å². The summed E-state index contributed by atoms with van der Waals surface area (Å²) < 4.78 is 35.8. The lowest BCUT2D eigenvalue weighted by Crippen LogP contribution is -2.29. The Kier molecular flexibility index (Phi) is 5.34. The second-order valence-corrected chi connectivity index (χ2v) is 6.00. The van der Waals surface area contributed by atoms with Crippen molar-refractivity contribution < 1.29 is 27.8 Å². The Morgan fingerprint density at radius 2 is 1.95 bits per heavy atom. The van der Waals surface area contributed by atoms with Crippen LogP contribution in [0, 0.1) is 0 Å². The van der Waals surface area contributed by atoms with Gasteiger partial charge in [0.15, 0.2) is 0 Å². The first kappa shape index (κ1) is 16.3. The number of carboxylic acid groups (broad SMARTS) is 1. The van der Waals surface area contributed by atoms with Gasteiger partial charge in [-0.15, -0.1) is 0 Å². The smallest absolute Gasteiger partial charge is 0.304 e. The monoisotopic (exact) mass is 303 g/mol. The van der Waals surface area contributed by atoms with E-state index in [0.29, 0.717) is 5.75 Å². The normalized spacial score (nSPS) is 11.4. The molecule has 112 valence electrons. The van der Waals surface area contributed by atoms with Crippen LogP contribution in [0.15, 0.2) is 23.1 Å². The highest BCUT2D eigenvalue weighted by Gasteiger charge is 2.25. The van der Waals surface area contributed by atoms with Gasteiger partial charge in [0.05, 0.1) is 20.6 Å². The number of carbonyl (C=O) groups is 1. The van der Waals surface area contributed by atoms with Crippen LogP contribution in [-0.4, -0.2) is 51.6 Å². The van der Waals surface area contributed by atoms with Crippen molar-refractivity contribution in [2.75, 3.05) is 27.8 Å². The van der Waals surface area contributed by atoms with Crippen molar-refractivity contribution in [3.05, 3.63) is 18.2 Å². The molecule has 0 aromatic heterocycles. The highest BCUT2D eigenvalue weighted by atomic mass is 32.2. The van der Waals surface area contributed by atoms with Crippen molar-refractivity contribution >= 4 is 16.0 Å². The van der Waals surface area contributed by atoms with Gasteiger partial charge in [-0.05, 0) is 12.1 Å². The van der Waals surface area contributed by atoms with Crippen LogP contribution in [0.1, 0.15) is 6.42 Å². The third kappa shape index (κ3) is 3.61. The summed E-state index contributed by atoms with van der Waals surface area (Å²) in [7, 11) is 0.254. The second kappa shape index (κ2) is 6.58. The van der Waals surface area contributed by atoms with Crippen molar-refractivity contribution in [1.29, 1.82) is 0 Å². The minimum atomic E-state index is -3.84. The summed E-state index contributed by atoms with van der Waals surface area (Å²) in [5.41, 5.74) is 0. The van der Waals surface area contributed by atoms with Gasteiger partial charge in [0, 0.05) is 19.7 Å². The fraction of sp³-hybridized carbons (Fsp3) is 0.417. The van der Waals surface area contributed by atoms with E-state index in [-0.39, 0.29) is 23.6 Å². The van der Waals surface area contributed by atoms with Crippen molar-refractivity contribution in [2.45, 2.75) is 11.3 Å². The van der Waals surface area contributed by atoms with Crippen molar-refractivity contribution in [1.82, 2.24) is 4.31 Å². The van der Waals surface area contributed by atoms with E-state index < -0.39 is 16.0 Å². The lowest BCUT2D eigenvalue weighted by atomic mass is 10.3. The number of ether oxygens (including phenoxy) is 2. The van der Waals surface area contributed by atoms with Gasteiger partial charge in [-0.3, -0.25) is 4.79 Å². The van der Waals surface area contributed by atoms with E-state index >= 15 is 0 Å². The fourth-order valence-corrected chi connectivity index (χ4v) is 2.86. The van der Waals surface area contributed by atoms with Gasteiger partial charge in [-0.2, -0.15) is 0 Å². The molecule has 0 spiro atoms. The summed E-state index contributed by atoms with van der Waals surface area (Å²) in [5, 5.41) is 8.62. The Labute approximate surface area is 117 Å². The van der Waals surface area contributed by atoms with E-state index in [4.69, 9.17) is 14.6 Å². The summed E-state index contributed by atoms with van der Waals surface area (Å²) in [6, 6.07) is 4.40. The number of nitrogens with zero attached hydrogens (tertiary/aromatic N) is 1. The van der Waals surface area contributed by atoms with Gasteiger partial charge in [-0.25, -0.2) is 12.7 Å². The quantitative estimate of drug-likeness (QED) is 0.801. The maximum atomic E-state index is 12.4. The van der Waals surface area contributed by atoms with E-state index in [0.717, 1.165) is 4.31 Å². The molecule has 0 aliphatic heterocycles. The highest BCUT2D eigenvalue weighted by molar-refractivity contribution is 7.89. The minimum Gasteiger partial charge on any atom is -0.497 e. The topological polar surface area (TPSA) is 93.1 Å². The number of benzene rings is 1. The largest absolute Gasteiger partial charge is 0.497 e. The Balaban J connectivity index is 3.16. The molecule has 0 aliphatic carbocycles. The zero-order valence-electron chi connectivity index (χ0n) is 11.5. The molecule has 1 rings (SSSR count). The molecular weight excluding hydrogens is 286 g/mol. The number of hydrogen-bond acceptors (Lipinski definition) is 5. The molecule has 0 aliphatic rings.